The molecule has 3 aromatic rings. The summed E-state index contributed by atoms with van der Waals surface area (Å²) in [6.07, 6.45) is 9.41. The van der Waals surface area contributed by atoms with Gasteiger partial charge in [-0.25, -0.2) is 0 Å². The van der Waals surface area contributed by atoms with E-state index in [1.54, 1.807) is 0 Å². The van der Waals surface area contributed by atoms with Crippen molar-refractivity contribution in [3.05, 3.63) is 89.0 Å². The van der Waals surface area contributed by atoms with E-state index in [4.69, 9.17) is 4.74 Å². The molecule has 0 radical (unpaired) electrons. The standard InChI is InChI=1S/C32H36N2O2/c1-23-7-11-26(12-8-23)27-13-16-31-29(19-27)20-28(17-18-36-31)32(35)34-30-14-9-25(10-15-30)22-33-21-24-5-3-2-4-6-24/h7-16,19-20,24,33H,2-6,17-18,21-22H2,1H3,(H,34,35). The van der Waals surface area contributed by atoms with Crippen LogP contribution in [0.5, 0.6) is 5.75 Å². The van der Waals surface area contributed by atoms with Gasteiger partial charge in [-0.3, -0.25) is 4.79 Å². The molecule has 0 unspecified atom stereocenters. The highest BCUT2D eigenvalue weighted by Gasteiger charge is 2.17. The molecule has 1 amide bonds. The molecule has 1 fully saturated rings. The minimum Gasteiger partial charge on any atom is -0.493 e. The maximum Gasteiger partial charge on any atom is 0.251 e. The second-order valence-electron chi connectivity index (χ2n) is 10.2. The van der Waals surface area contributed by atoms with Crippen molar-refractivity contribution in [3.8, 4) is 16.9 Å². The molecular formula is C32H36N2O2. The van der Waals surface area contributed by atoms with Crippen molar-refractivity contribution in [2.75, 3.05) is 18.5 Å². The van der Waals surface area contributed by atoms with Gasteiger partial charge in [-0.1, -0.05) is 67.3 Å². The molecule has 3 aromatic carbocycles. The van der Waals surface area contributed by atoms with Gasteiger partial charge in [-0.2, -0.15) is 0 Å². The number of hydrogen-bond donors (Lipinski definition) is 2. The van der Waals surface area contributed by atoms with E-state index in [-0.39, 0.29) is 5.91 Å². The molecule has 1 saturated carbocycles. The van der Waals surface area contributed by atoms with Crippen LogP contribution in [0.25, 0.3) is 17.2 Å². The van der Waals surface area contributed by atoms with Gasteiger partial charge in [0, 0.05) is 29.8 Å². The normalized spacial score (nSPS) is 15.9. The summed E-state index contributed by atoms with van der Waals surface area (Å²) in [6.45, 7) is 4.54. The molecule has 186 valence electrons. The third-order valence-corrected chi connectivity index (χ3v) is 7.34. The molecule has 0 bridgehead atoms. The van der Waals surface area contributed by atoms with E-state index >= 15 is 0 Å². The summed E-state index contributed by atoms with van der Waals surface area (Å²) in [5, 5.41) is 6.68. The summed E-state index contributed by atoms with van der Waals surface area (Å²) in [5.74, 6) is 1.57. The van der Waals surface area contributed by atoms with Crippen molar-refractivity contribution in [1.82, 2.24) is 5.32 Å². The maximum atomic E-state index is 13.1. The highest BCUT2D eigenvalue weighted by atomic mass is 16.5. The Bertz CT molecular complexity index is 1210. The van der Waals surface area contributed by atoms with Gasteiger partial charge in [0.25, 0.3) is 5.91 Å². The second kappa shape index (κ2) is 11.6. The van der Waals surface area contributed by atoms with Crippen LogP contribution in [0, 0.1) is 12.8 Å². The first-order chi connectivity index (χ1) is 17.6. The molecule has 0 atom stereocenters. The SMILES string of the molecule is Cc1ccc(-c2ccc3c(c2)C=C(C(=O)Nc2ccc(CNCC4CCCCC4)cc2)CCO3)cc1. The molecule has 0 spiro atoms. The molecule has 1 heterocycles. The molecule has 36 heavy (non-hydrogen) atoms. The smallest absolute Gasteiger partial charge is 0.251 e. The largest absolute Gasteiger partial charge is 0.493 e. The lowest BCUT2D eigenvalue weighted by Gasteiger charge is -2.21. The molecule has 2 N–H and O–H groups in total. The van der Waals surface area contributed by atoms with Crippen LogP contribution in [0.4, 0.5) is 5.69 Å². The first-order valence-electron chi connectivity index (χ1n) is 13.3. The Labute approximate surface area is 214 Å². The zero-order valence-corrected chi connectivity index (χ0v) is 21.2. The predicted molar refractivity (Wildman–Crippen MR) is 148 cm³/mol. The summed E-state index contributed by atoms with van der Waals surface area (Å²) in [6, 6.07) is 22.8. The first-order valence-corrected chi connectivity index (χ1v) is 13.3. The van der Waals surface area contributed by atoms with Crippen LogP contribution in [0.1, 0.15) is 55.2 Å². The van der Waals surface area contributed by atoms with Crippen LogP contribution >= 0.6 is 0 Å². The highest BCUT2D eigenvalue weighted by Crippen LogP contribution is 2.31. The average molecular weight is 481 g/mol. The third-order valence-electron chi connectivity index (χ3n) is 7.34. The lowest BCUT2D eigenvalue weighted by molar-refractivity contribution is -0.113. The topological polar surface area (TPSA) is 50.4 Å². The van der Waals surface area contributed by atoms with Gasteiger partial charge in [0.2, 0.25) is 0 Å². The Morgan fingerprint density at radius 3 is 2.44 bits per heavy atom. The summed E-state index contributed by atoms with van der Waals surface area (Å²) in [7, 11) is 0. The lowest BCUT2D eigenvalue weighted by Crippen LogP contribution is -2.24. The number of fused-ring (bicyclic) bond motifs is 1. The summed E-state index contributed by atoms with van der Waals surface area (Å²) in [4.78, 5) is 13.1. The number of benzene rings is 3. The molecule has 0 saturated heterocycles. The highest BCUT2D eigenvalue weighted by molar-refractivity contribution is 6.07. The van der Waals surface area contributed by atoms with Crippen LogP contribution in [-0.2, 0) is 11.3 Å². The number of amides is 1. The quantitative estimate of drug-likeness (QED) is 0.378. The third kappa shape index (κ3) is 6.24. The lowest BCUT2D eigenvalue weighted by atomic mass is 9.89. The van der Waals surface area contributed by atoms with Crippen LogP contribution < -0.4 is 15.4 Å². The van der Waals surface area contributed by atoms with Crippen molar-refractivity contribution < 1.29 is 9.53 Å². The molecule has 1 aliphatic carbocycles. The van der Waals surface area contributed by atoms with Crippen LogP contribution in [0.3, 0.4) is 0 Å². The van der Waals surface area contributed by atoms with E-state index in [0.29, 0.717) is 13.0 Å². The number of carbonyl (C=O) groups excluding carboxylic acids is 1. The Balaban J connectivity index is 1.22. The van der Waals surface area contributed by atoms with Crippen LogP contribution in [-0.4, -0.2) is 19.1 Å². The van der Waals surface area contributed by atoms with E-state index in [1.165, 1.54) is 43.2 Å². The molecule has 2 aliphatic rings. The first kappa shape index (κ1) is 24.3. The number of aryl methyl sites for hydroxylation is 1. The van der Waals surface area contributed by atoms with Crippen molar-refractivity contribution >= 4 is 17.7 Å². The minimum atomic E-state index is -0.0737. The fourth-order valence-corrected chi connectivity index (χ4v) is 5.16. The number of carbonyl (C=O) groups is 1. The Hall–Kier alpha value is -3.37. The number of anilines is 1. The van der Waals surface area contributed by atoms with Gasteiger partial charge >= 0.3 is 0 Å². The number of ether oxygens (including phenoxy) is 1. The Morgan fingerprint density at radius 2 is 1.67 bits per heavy atom. The predicted octanol–water partition coefficient (Wildman–Crippen LogP) is 7.14. The van der Waals surface area contributed by atoms with Crippen molar-refractivity contribution in [1.29, 1.82) is 0 Å². The van der Waals surface area contributed by atoms with E-state index in [1.807, 2.05) is 24.3 Å². The van der Waals surface area contributed by atoms with E-state index < -0.39 is 0 Å². The van der Waals surface area contributed by atoms with E-state index in [0.717, 1.165) is 52.7 Å². The van der Waals surface area contributed by atoms with Gasteiger partial charge in [0.05, 0.1) is 6.61 Å². The Morgan fingerprint density at radius 1 is 0.917 bits per heavy atom. The van der Waals surface area contributed by atoms with Crippen molar-refractivity contribution in [3.63, 3.8) is 0 Å². The van der Waals surface area contributed by atoms with Gasteiger partial charge in [0.1, 0.15) is 5.75 Å². The summed E-state index contributed by atoms with van der Waals surface area (Å²) < 4.78 is 5.95. The van der Waals surface area contributed by atoms with Gasteiger partial charge < -0.3 is 15.4 Å². The van der Waals surface area contributed by atoms with Gasteiger partial charge in [-0.15, -0.1) is 0 Å². The second-order valence-corrected chi connectivity index (χ2v) is 10.2. The van der Waals surface area contributed by atoms with Gasteiger partial charge in [0.15, 0.2) is 0 Å². The molecule has 4 nitrogen and oxygen atoms in total. The molecule has 4 heteroatoms. The Kier molecular flexibility index (Phi) is 7.82. The summed E-state index contributed by atoms with van der Waals surface area (Å²) >= 11 is 0. The fourth-order valence-electron chi connectivity index (χ4n) is 5.16. The molecule has 0 aromatic heterocycles. The minimum absolute atomic E-state index is 0.0737. The molecular weight excluding hydrogens is 444 g/mol. The number of rotatable bonds is 7. The zero-order valence-electron chi connectivity index (χ0n) is 21.2. The monoisotopic (exact) mass is 480 g/mol. The van der Waals surface area contributed by atoms with Crippen LogP contribution in [0.15, 0.2) is 72.3 Å². The van der Waals surface area contributed by atoms with E-state index in [2.05, 4.69) is 66.1 Å². The molecule has 5 rings (SSSR count). The van der Waals surface area contributed by atoms with Crippen molar-refractivity contribution in [2.24, 2.45) is 5.92 Å². The number of nitrogens with one attached hydrogen (secondary N) is 2. The summed E-state index contributed by atoms with van der Waals surface area (Å²) in [5.41, 5.74) is 7.23. The average Bonchev–Trinajstić information content (AvgIpc) is 3.13. The van der Waals surface area contributed by atoms with Gasteiger partial charge in [-0.05, 0) is 79.3 Å². The fraction of sp³-hybridized carbons (Fsp3) is 0.344. The van der Waals surface area contributed by atoms with E-state index in [9.17, 15) is 4.79 Å². The zero-order chi connectivity index (χ0) is 24.7. The number of hydrogen-bond acceptors (Lipinski definition) is 3. The maximum absolute atomic E-state index is 13.1. The molecule has 1 aliphatic heterocycles. The van der Waals surface area contributed by atoms with Crippen LogP contribution in [0.2, 0.25) is 0 Å². The van der Waals surface area contributed by atoms with Crippen molar-refractivity contribution in [2.45, 2.75) is 52.0 Å².